The molecule has 2 heterocycles. The lowest BCUT2D eigenvalue weighted by atomic mass is 10.2. The minimum Gasteiger partial charge on any atom is -0.340 e. The molecule has 1 atom stereocenters. The third-order valence-electron chi connectivity index (χ3n) is 3.86. The van der Waals surface area contributed by atoms with Crippen molar-refractivity contribution in [1.29, 1.82) is 0 Å². The molecule has 18 heavy (non-hydrogen) atoms. The molecule has 2 aliphatic heterocycles. The molecule has 2 fully saturated rings. The number of aliphatic imine (C=N–C) groups is 1. The summed E-state index contributed by atoms with van der Waals surface area (Å²) in [5.74, 6) is 7.04. The highest BCUT2D eigenvalue weighted by atomic mass is 15.4. The van der Waals surface area contributed by atoms with Gasteiger partial charge in [-0.05, 0) is 38.3 Å². The van der Waals surface area contributed by atoms with E-state index in [1.54, 1.807) is 0 Å². The summed E-state index contributed by atoms with van der Waals surface area (Å²) in [6.45, 7) is 9.87. The van der Waals surface area contributed by atoms with Crippen molar-refractivity contribution in [2.45, 2.75) is 39.2 Å². The molecule has 0 aromatic heterocycles. The van der Waals surface area contributed by atoms with Gasteiger partial charge in [0.15, 0.2) is 0 Å². The summed E-state index contributed by atoms with van der Waals surface area (Å²) in [5.41, 5.74) is 2.77. The largest absolute Gasteiger partial charge is 0.340 e. The van der Waals surface area contributed by atoms with Crippen LogP contribution in [0.5, 0.6) is 0 Å². The van der Waals surface area contributed by atoms with Crippen LogP contribution in [0.2, 0.25) is 0 Å². The molecule has 104 valence electrons. The number of rotatable bonds is 3. The first kappa shape index (κ1) is 13.6. The fourth-order valence-electron chi connectivity index (χ4n) is 2.84. The lowest BCUT2D eigenvalue weighted by Gasteiger charge is -2.25. The van der Waals surface area contributed by atoms with Crippen LogP contribution in [0.25, 0.3) is 0 Å². The van der Waals surface area contributed by atoms with Crippen LogP contribution in [0.3, 0.4) is 0 Å². The molecule has 0 spiro atoms. The van der Waals surface area contributed by atoms with Crippen LogP contribution in [0.4, 0.5) is 0 Å². The lowest BCUT2D eigenvalue weighted by molar-refractivity contribution is 0.249. The lowest BCUT2D eigenvalue weighted by Crippen LogP contribution is -2.45. The van der Waals surface area contributed by atoms with Crippen LogP contribution >= 0.6 is 0 Å². The molecule has 5 heteroatoms. The van der Waals surface area contributed by atoms with E-state index in [9.17, 15) is 0 Å². The summed E-state index contributed by atoms with van der Waals surface area (Å²) in [6.07, 6.45) is 3.96. The number of nitrogens with zero attached hydrogens (tertiary/aromatic N) is 3. The minimum absolute atomic E-state index is 0.574. The summed E-state index contributed by atoms with van der Waals surface area (Å²) in [5, 5.41) is 0. The average molecular weight is 253 g/mol. The highest BCUT2D eigenvalue weighted by Crippen LogP contribution is 2.20. The van der Waals surface area contributed by atoms with Gasteiger partial charge in [-0.25, -0.2) is 5.84 Å². The zero-order chi connectivity index (χ0) is 13.0. The van der Waals surface area contributed by atoms with E-state index in [0.717, 1.165) is 25.6 Å². The highest BCUT2D eigenvalue weighted by Gasteiger charge is 2.30. The number of nitrogens with one attached hydrogen (secondary N) is 1. The quantitative estimate of drug-likeness (QED) is 0.335. The summed E-state index contributed by atoms with van der Waals surface area (Å²) < 4.78 is 0. The average Bonchev–Trinajstić information content (AvgIpc) is 2.99. The van der Waals surface area contributed by atoms with Gasteiger partial charge in [0.1, 0.15) is 0 Å². The Morgan fingerprint density at radius 2 is 2.06 bits per heavy atom. The number of likely N-dealkylation sites (tertiary alicyclic amines) is 2. The van der Waals surface area contributed by atoms with Crippen LogP contribution in [0.15, 0.2) is 4.99 Å². The first-order valence-corrected chi connectivity index (χ1v) is 7.20. The molecule has 2 rings (SSSR count). The zero-order valence-electron chi connectivity index (χ0n) is 11.7. The van der Waals surface area contributed by atoms with Gasteiger partial charge in [-0.15, -0.1) is 0 Å². The molecule has 5 nitrogen and oxygen atoms in total. The molecule has 0 radical (unpaired) electrons. The Hall–Kier alpha value is -0.810. The fraction of sp³-hybridized carbons (Fsp3) is 0.923. The van der Waals surface area contributed by atoms with Crippen molar-refractivity contribution < 1.29 is 0 Å². The molecular formula is C13H27N5. The van der Waals surface area contributed by atoms with Gasteiger partial charge in [-0.3, -0.25) is 15.3 Å². The maximum atomic E-state index is 5.60. The van der Waals surface area contributed by atoms with E-state index in [1.807, 2.05) is 0 Å². The Kier molecular flexibility index (Phi) is 4.83. The summed E-state index contributed by atoms with van der Waals surface area (Å²) >= 11 is 0. The highest BCUT2D eigenvalue weighted by molar-refractivity contribution is 5.79. The van der Waals surface area contributed by atoms with Crippen molar-refractivity contribution >= 4 is 5.96 Å². The Labute approximate surface area is 110 Å². The topological polar surface area (TPSA) is 56.9 Å². The van der Waals surface area contributed by atoms with Crippen LogP contribution in [-0.4, -0.2) is 54.5 Å². The number of hydrazine groups is 1. The summed E-state index contributed by atoms with van der Waals surface area (Å²) in [4.78, 5) is 9.49. The monoisotopic (exact) mass is 253 g/mol. The van der Waals surface area contributed by atoms with E-state index in [0.29, 0.717) is 12.0 Å². The van der Waals surface area contributed by atoms with E-state index in [2.05, 4.69) is 34.1 Å². The first-order chi connectivity index (χ1) is 8.70. The number of hydrogen-bond donors (Lipinski definition) is 2. The summed E-state index contributed by atoms with van der Waals surface area (Å²) in [6, 6.07) is 0.699. The molecule has 0 amide bonds. The smallest absolute Gasteiger partial charge is 0.208 e. The van der Waals surface area contributed by atoms with E-state index < -0.39 is 0 Å². The van der Waals surface area contributed by atoms with Crippen LogP contribution < -0.4 is 11.3 Å². The zero-order valence-corrected chi connectivity index (χ0v) is 11.7. The molecule has 0 aromatic carbocycles. The van der Waals surface area contributed by atoms with Gasteiger partial charge in [-0.2, -0.15) is 0 Å². The van der Waals surface area contributed by atoms with Gasteiger partial charge in [0.05, 0.1) is 0 Å². The van der Waals surface area contributed by atoms with Crippen molar-refractivity contribution in [2.75, 3.05) is 32.7 Å². The van der Waals surface area contributed by atoms with Crippen molar-refractivity contribution in [3.8, 4) is 0 Å². The second kappa shape index (κ2) is 6.38. The molecule has 1 unspecified atom stereocenters. The Balaban J connectivity index is 1.87. The fourth-order valence-corrected chi connectivity index (χ4v) is 2.84. The van der Waals surface area contributed by atoms with Gasteiger partial charge in [0.2, 0.25) is 5.96 Å². The molecule has 0 saturated carbocycles. The number of guanidine groups is 1. The van der Waals surface area contributed by atoms with Crippen molar-refractivity contribution in [3.05, 3.63) is 0 Å². The van der Waals surface area contributed by atoms with Gasteiger partial charge < -0.3 is 4.90 Å². The molecule has 0 aromatic rings. The van der Waals surface area contributed by atoms with Gasteiger partial charge in [-0.1, -0.05) is 13.8 Å². The molecule has 0 bridgehead atoms. The second-order valence-electron chi connectivity index (χ2n) is 5.83. The first-order valence-electron chi connectivity index (χ1n) is 7.20. The Bertz CT molecular complexity index is 283. The van der Waals surface area contributed by atoms with Crippen molar-refractivity contribution in [1.82, 2.24) is 15.2 Å². The third kappa shape index (κ3) is 3.36. The molecule has 0 aliphatic carbocycles. The van der Waals surface area contributed by atoms with Crippen LogP contribution in [-0.2, 0) is 0 Å². The maximum Gasteiger partial charge on any atom is 0.208 e. The number of hydrogen-bond acceptors (Lipinski definition) is 3. The molecule has 2 saturated heterocycles. The van der Waals surface area contributed by atoms with Gasteiger partial charge >= 0.3 is 0 Å². The standard InChI is InChI=1S/C13H27N5/c1-11(2)9-15-13(16-14)18-8-5-12(10-18)17-6-3-4-7-17/h11-12H,3-10,14H2,1-2H3,(H,15,16). The molecule has 3 N–H and O–H groups in total. The summed E-state index contributed by atoms with van der Waals surface area (Å²) in [7, 11) is 0. The van der Waals surface area contributed by atoms with Crippen LogP contribution in [0.1, 0.15) is 33.1 Å². The molecular weight excluding hydrogens is 226 g/mol. The van der Waals surface area contributed by atoms with Gasteiger partial charge in [0, 0.05) is 25.7 Å². The van der Waals surface area contributed by atoms with E-state index in [-0.39, 0.29) is 0 Å². The minimum atomic E-state index is 0.574. The van der Waals surface area contributed by atoms with Crippen molar-refractivity contribution in [3.63, 3.8) is 0 Å². The van der Waals surface area contributed by atoms with Crippen LogP contribution in [0, 0.1) is 5.92 Å². The normalized spacial score (nSPS) is 26.3. The van der Waals surface area contributed by atoms with Gasteiger partial charge in [0.25, 0.3) is 0 Å². The predicted octanol–water partition coefficient (Wildman–Crippen LogP) is 0.632. The Morgan fingerprint density at radius 3 is 2.67 bits per heavy atom. The van der Waals surface area contributed by atoms with Crippen molar-refractivity contribution in [2.24, 2.45) is 16.8 Å². The van der Waals surface area contributed by atoms with E-state index in [4.69, 9.17) is 5.84 Å². The predicted molar refractivity (Wildman–Crippen MR) is 75.2 cm³/mol. The number of nitrogens with two attached hydrogens (primary N) is 1. The van der Waals surface area contributed by atoms with E-state index >= 15 is 0 Å². The third-order valence-corrected chi connectivity index (χ3v) is 3.86. The second-order valence-corrected chi connectivity index (χ2v) is 5.83. The maximum absolute atomic E-state index is 5.60. The SMILES string of the molecule is CC(C)CN=C(NN)N1CCC(N2CCCC2)C1. The molecule has 2 aliphatic rings. The van der Waals surface area contributed by atoms with E-state index in [1.165, 1.54) is 32.4 Å². The Morgan fingerprint density at radius 1 is 1.33 bits per heavy atom.